The molecular weight excluding hydrogens is 415 g/mol. The van der Waals surface area contributed by atoms with Crippen LogP contribution in [0.1, 0.15) is 17.7 Å². The van der Waals surface area contributed by atoms with Gasteiger partial charge in [-0.25, -0.2) is 9.07 Å². The predicted octanol–water partition coefficient (Wildman–Crippen LogP) is 2.93. The molecule has 0 saturated heterocycles. The molecule has 0 atom stereocenters. The van der Waals surface area contributed by atoms with Gasteiger partial charge in [-0.15, -0.1) is 5.10 Å². The molecule has 8 nitrogen and oxygen atoms in total. The summed E-state index contributed by atoms with van der Waals surface area (Å²) in [6.45, 7) is 1.69. The number of benzene rings is 2. The molecule has 0 aliphatic carbocycles. The Morgan fingerprint density at radius 2 is 1.84 bits per heavy atom. The molecule has 0 spiro atoms. The van der Waals surface area contributed by atoms with E-state index in [0.29, 0.717) is 12.1 Å². The Kier molecular flexibility index (Phi) is 7.00. The maximum atomic E-state index is 14.1. The zero-order valence-corrected chi connectivity index (χ0v) is 18.0. The fraction of sp³-hybridized carbons (Fsp3) is 0.286. The highest BCUT2D eigenvalue weighted by atomic mass is 32.2. The van der Waals surface area contributed by atoms with Crippen molar-refractivity contribution in [3.63, 3.8) is 0 Å². The van der Waals surface area contributed by atoms with Crippen molar-refractivity contribution in [2.45, 2.75) is 24.7 Å². The predicted molar refractivity (Wildman–Crippen MR) is 117 cm³/mol. The lowest BCUT2D eigenvalue weighted by Crippen LogP contribution is -2.16. The number of halogens is 1. The van der Waals surface area contributed by atoms with Gasteiger partial charge in [-0.05, 0) is 29.5 Å². The number of rotatable bonds is 10. The first-order valence-corrected chi connectivity index (χ1v) is 11.0. The van der Waals surface area contributed by atoms with Crippen molar-refractivity contribution in [2.75, 3.05) is 12.3 Å². The highest BCUT2D eigenvalue weighted by molar-refractivity contribution is 7.99. The van der Waals surface area contributed by atoms with Crippen LogP contribution in [0.2, 0.25) is 0 Å². The summed E-state index contributed by atoms with van der Waals surface area (Å²) in [7, 11) is 1.83. The number of tetrazole rings is 1. The van der Waals surface area contributed by atoms with Crippen molar-refractivity contribution in [2.24, 2.45) is 7.05 Å². The maximum absolute atomic E-state index is 14.1. The first-order chi connectivity index (χ1) is 15.2. The summed E-state index contributed by atoms with van der Waals surface area (Å²) in [6, 6.07) is 16.6. The van der Waals surface area contributed by atoms with Crippen LogP contribution in [0.3, 0.4) is 0 Å². The Bertz CT molecular complexity index is 1110. The Balaban J connectivity index is 1.39. The molecular formula is C21H23FN8S. The van der Waals surface area contributed by atoms with E-state index < -0.39 is 0 Å². The monoisotopic (exact) mass is 438 g/mol. The summed E-state index contributed by atoms with van der Waals surface area (Å²) >= 11 is 1.63. The average molecular weight is 439 g/mol. The molecule has 0 bridgehead atoms. The number of hydrogen-bond donors (Lipinski definition) is 1. The molecule has 0 amide bonds. The van der Waals surface area contributed by atoms with Crippen LogP contribution < -0.4 is 5.32 Å². The Hall–Kier alpha value is -3.11. The van der Waals surface area contributed by atoms with Crippen LogP contribution in [0.4, 0.5) is 4.39 Å². The minimum Gasteiger partial charge on any atom is -0.311 e. The van der Waals surface area contributed by atoms with E-state index in [1.807, 2.05) is 43.4 Å². The van der Waals surface area contributed by atoms with Gasteiger partial charge >= 0.3 is 0 Å². The van der Waals surface area contributed by atoms with E-state index in [9.17, 15) is 4.39 Å². The van der Waals surface area contributed by atoms with Crippen LogP contribution in [0.25, 0.3) is 11.3 Å². The minimum absolute atomic E-state index is 0.253. The van der Waals surface area contributed by atoms with Crippen LogP contribution in [-0.2, 0) is 20.1 Å². The number of nitrogens with one attached hydrogen (secondary N) is 1. The smallest absolute Gasteiger partial charge is 0.209 e. The molecule has 4 rings (SSSR count). The highest BCUT2D eigenvalue weighted by Crippen LogP contribution is 2.21. The molecule has 10 heteroatoms. The summed E-state index contributed by atoms with van der Waals surface area (Å²) in [5.74, 6) is 0.656. The molecule has 2 aromatic carbocycles. The van der Waals surface area contributed by atoms with Crippen molar-refractivity contribution in [1.82, 2.24) is 40.5 Å². The lowest BCUT2D eigenvalue weighted by atomic mass is 10.1. The van der Waals surface area contributed by atoms with Crippen molar-refractivity contribution < 1.29 is 4.39 Å². The largest absolute Gasteiger partial charge is 0.311 e. The van der Waals surface area contributed by atoms with Crippen LogP contribution in [-0.4, -0.2) is 47.5 Å². The summed E-state index contributed by atoms with van der Waals surface area (Å²) in [5.41, 5.74) is 3.20. The summed E-state index contributed by atoms with van der Waals surface area (Å²) in [5, 5.41) is 25.0. The number of aromatic nitrogens is 7. The van der Waals surface area contributed by atoms with Crippen LogP contribution in [0, 0.1) is 5.82 Å². The molecule has 0 unspecified atom stereocenters. The fourth-order valence-corrected chi connectivity index (χ4v) is 3.87. The van der Waals surface area contributed by atoms with Gasteiger partial charge in [0.25, 0.3) is 0 Å². The fourth-order valence-electron chi connectivity index (χ4n) is 3.08. The lowest BCUT2D eigenvalue weighted by Gasteiger charge is -2.04. The van der Waals surface area contributed by atoms with Gasteiger partial charge in [0, 0.05) is 30.5 Å². The number of thioether (sulfide) groups is 1. The molecule has 160 valence electrons. The normalized spacial score (nSPS) is 11.2. The van der Waals surface area contributed by atoms with Gasteiger partial charge in [0.2, 0.25) is 5.16 Å². The third-order valence-electron chi connectivity index (χ3n) is 4.64. The van der Waals surface area contributed by atoms with E-state index in [2.05, 4.69) is 31.0 Å². The Labute approximate surface area is 183 Å². The SMILES string of the molecule is Cn1nnnc1SCCCNCc1nn(Cc2ccccc2F)nc1-c1ccccc1. The second kappa shape index (κ2) is 10.3. The van der Waals surface area contributed by atoms with E-state index in [-0.39, 0.29) is 12.4 Å². The van der Waals surface area contributed by atoms with Gasteiger partial charge < -0.3 is 5.32 Å². The van der Waals surface area contributed by atoms with Crippen molar-refractivity contribution in [1.29, 1.82) is 0 Å². The third-order valence-corrected chi connectivity index (χ3v) is 5.74. The number of hydrogen-bond acceptors (Lipinski definition) is 7. The van der Waals surface area contributed by atoms with Gasteiger partial charge in [-0.1, -0.05) is 60.3 Å². The minimum atomic E-state index is -0.253. The molecule has 2 aromatic heterocycles. The van der Waals surface area contributed by atoms with Gasteiger partial charge in [0.05, 0.1) is 6.54 Å². The highest BCUT2D eigenvalue weighted by Gasteiger charge is 2.14. The van der Waals surface area contributed by atoms with Gasteiger partial charge in [0.1, 0.15) is 17.2 Å². The van der Waals surface area contributed by atoms with Gasteiger partial charge in [-0.2, -0.15) is 15.0 Å². The number of aryl methyl sites for hydroxylation is 1. The second-order valence-electron chi connectivity index (χ2n) is 6.95. The van der Waals surface area contributed by atoms with Crippen LogP contribution in [0.15, 0.2) is 59.8 Å². The van der Waals surface area contributed by atoms with Crippen LogP contribution >= 0.6 is 11.8 Å². The molecule has 0 radical (unpaired) electrons. The molecule has 0 saturated carbocycles. The van der Waals surface area contributed by atoms with Crippen LogP contribution in [0.5, 0.6) is 0 Å². The summed E-state index contributed by atoms with van der Waals surface area (Å²) in [4.78, 5) is 1.56. The quantitative estimate of drug-likeness (QED) is 0.301. The van der Waals surface area contributed by atoms with Crippen molar-refractivity contribution in [3.8, 4) is 11.3 Å². The maximum Gasteiger partial charge on any atom is 0.209 e. The Morgan fingerprint density at radius 1 is 1.03 bits per heavy atom. The van der Waals surface area contributed by atoms with Gasteiger partial charge in [0.15, 0.2) is 0 Å². The summed E-state index contributed by atoms with van der Waals surface area (Å²) in [6.07, 6.45) is 0.960. The molecule has 1 N–H and O–H groups in total. The van der Waals surface area contributed by atoms with E-state index in [1.165, 1.54) is 6.07 Å². The standard InChI is InChI=1S/C21H23FN8S/c1-29-21(24-27-28-29)31-13-7-12-23-14-19-20(16-8-3-2-4-9-16)26-30(25-19)15-17-10-5-6-11-18(17)22/h2-6,8-11,23H,7,12-15H2,1H3. The zero-order valence-electron chi connectivity index (χ0n) is 17.1. The second-order valence-corrected chi connectivity index (χ2v) is 8.01. The summed E-state index contributed by atoms with van der Waals surface area (Å²) < 4.78 is 15.7. The van der Waals surface area contributed by atoms with Crippen molar-refractivity contribution in [3.05, 3.63) is 71.7 Å². The van der Waals surface area contributed by atoms with E-state index in [4.69, 9.17) is 0 Å². The molecule has 0 fully saturated rings. The Morgan fingerprint density at radius 3 is 2.61 bits per heavy atom. The third kappa shape index (κ3) is 5.53. The van der Waals surface area contributed by atoms with E-state index in [0.717, 1.165) is 40.8 Å². The first-order valence-electron chi connectivity index (χ1n) is 9.99. The van der Waals surface area contributed by atoms with Crippen molar-refractivity contribution >= 4 is 11.8 Å². The number of nitrogens with zero attached hydrogens (tertiary/aromatic N) is 7. The molecule has 0 aliphatic heterocycles. The topological polar surface area (TPSA) is 86.3 Å². The van der Waals surface area contributed by atoms with E-state index in [1.54, 1.807) is 33.4 Å². The molecule has 0 aliphatic rings. The lowest BCUT2D eigenvalue weighted by molar-refractivity contribution is 0.543. The molecule has 31 heavy (non-hydrogen) atoms. The first kappa shape index (κ1) is 21.1. The zero-order chi connectivity index (χ0) is 21.5. The average Bonchev–Trinajstić information content (AvgIpc) is 3.38. The van der Waals surface area contributed by atoms with Gasteiger partial charge in [-0.3, -0.25) is 0 Å². The molecule has 2 heterocycles. The molecule has 4 aromatic rings. The van der Waals surface area contributed by atoms with E-state index >= 15 is 0 Å².